The van der Waals surface area contributed by atoms with Gasteiger partial charge in [0.1, 0.15) is 11.5 Å². The Kier molecular flexibility index (Phi) is 4.33. The van der Waals surface area contributed by atoms with Gasteiger partial charge in [-0.1, -0.05) is 11.2 Å². The first-order chi connectivity index (χ1) is 11.8. The highest BCUT2D eigenvalue weighted by Gasteiger charge is 2.49. The third kappa shape index (κ3) is 2.80. The molecule has 0 radical (unpaired) electrons. The number of fused-ring (bicyclic) bond motifs is 1. The Morgan fingerprint density at radius 2 is 2.00 bits per heavy atom. The Hall–Kier alpha value is -2.34. The van der Waals surface area contributed by atoms with Gasteiger partial charge >= 0.3 is 0 Å². The second kappa shape index (κ2) is 6.19. The number of hydrogen-bond acceptors (Lipinski definition) is 6. The monoisotopic (exact) mass is 345 g/mol. The van der Waals surface area contributed by atoms with Crippen molar-refractivity contribution in [3.05, 3.63) is 40.8 Å². The lowest BCUT2D eigenvalue weighted by molar-refractivity contribution is -0.130. The number of aryl methyl sites for hydroxylation is 1. The van der Waals surface area contributed by atoms with Crippen molar-refractivity contribution in [1.29, 1.82) is 0 Å². The highest BCUT2D eigenvalue weighted by molar-refractivity contribution is 5.82. The molecule has 3 atom stereocenters. The van der Waals surface area contributed by atoms with E-state index in [1.807, 2.05) is 19.1 Å². The van der Waals surface area contributed by atoms with Crippen molar-refractivity contribution in [2.24, 2.45) is 5.92 Å². The van der Waals surface area contributed by atoms with Crippen LogP contribution in [0.1, 0.15) is 42.3 Å². The van der Waals surface area contributed by atoms with E-state index in [0.717, 1.165) is 11.1 Å². The highest BCUT2D eigenvalue weighted by Crippen LogP contribution is 2.48. The largest absolute Gasteiger partial charge is 0.493 e. The van der Waals surface area contributed by atoms with Crippen molar-refractivity contribution in [3.63, 3.8) is 0 Å². The summed E-state index contributed by atoms with van der Waals surface area (Å²) in [7, 11) is 3.14. The van der Waals surface area contributed by atoms with E-state index in [0.29, 0.717) is 23.0 Å². The maximum Gasteiger partial charge on any atom is 0.161 e. The standard InChI is InChI=1S/C19H23NO5/c1-10(21)18-17(12-6-7-14(23-4)15(8-12)24-5)16-11(2)25-20-13(16)9-19(18,3)22/h6-8,17-18,22H,9H2,1-5H3/t17-,18+,19-/m0/s1. The Morgan fingerprint density at radius 3 is 2.60 bits per heavy atom. The van der Waals surface area contributed by atoms with Crippen LogP contribution >= 0.6 is 0 Å². The molecule has 0 fully saturated rings. The zero-order valence-electron chi connectivity index (χ0n) is 15.1. The lowest BCUT2D eigenvalue weighted by Crippen LogP contribution is -2.48. The van der Waals surface area contributed by atoms with E-state index in [1.165, 1.54) is 6.92 Å². The SMILES string of the molecule is COc1ccc([C@H]2c3c(noc3C)C[C@](C)(O)[C@@H]2C(C)=O)cc1OC. The van der Waals surface area contributed by atoms with Gasteiger partial charge in [0.2, 0.25) is 0 Å². The summed E-state index contributed by atoms with van der Waals surface area (Å²) in [6, 6.07) is 5.54. The molecule has 0 saturated heterocycles. The Morgan fingerprint density at radius 1 is 1.32 bits per heavy atom. The normalized spacial score (nSPS) is 25.4. The Balaban J connectivity index is 2.23. The maximum absolute atomic E-state index is 12.5. The number of ketones is 1. The molecule has 1 aliphatic rings. The van der Waals surface area contributed by atoms with Crippen molar-refractivity contribution in [2.45, 2.75) is 38.7 Å². The molecule has 1 heterocycles. The first-order valence-electron chi connectivity index (χ1n) is 8.20. The number of hydrogen-bond donors (Lipinski definition) is 1. The van der Waals surface area contributed by atoms with Crippen LogP contribution in [0.25, 0.3) is 0 Å². The van der Waals surface area contributed by atoms with E-state index in [4.69, 9.17) is 14.0 Å². The van der Waals surface area contributed by atoms with Crippen LogP contribution in [0.4, 0.5) is 0 Å². The second-order valence-electron chi connectivity index (χ2n) is 6.81. The fourth-order valence-electron chi connectivity index (χ4n) is 4.00. The molecule has 0 aliphatic heterocycles. The lowest BCUT2D eigenvalue weighted by atomic mass is 9.64. The zero-order valence-corrected chi connectivity index (χ0v) is 15.1. The average molecular weight is 345 g/mol. The maximum atomic E-state index is 12.5. The van der Waals surface area contributed by atoms with Gasteiger partial charge in [0.05, 0.1) is 31.4 Å². The summed E-state index contributed by atoms with van der Waals surface area (Å²) < 4.78 is 16.1. The van der Waals surface area contributed by atoms with E-state index in [2.05, 4.69) is 5.16 Å². The van der Waals surface area contributed by atoms with Crippen molar-refractivity contribution in [3.8, 4) is 11.5 Å². The van der Waals surface area contributed by atoms with Crippen LogP contribution in [0.15, 0.2) is 22.7 Å². The summed E-state index contributed by atoms with van der Waals surface area (Å²) in [6.45, 7) is 5.03. The molecule has 0 spiro atoms. The van der Waals surface area contributed by atoms with E-state index in [-0.39, 0.29) is 18.1 Å². The summed E-state index contributed by atoms with van der Waals surface area (Å²) in [5.41, 5.74) is 1.21. The van der Waals surface area contributed by atoms with Gasteiger partial charge in [-0.3, -0.25) is 4.79 Å². The number of aliphatic hydroxyl groups is 1. The highest BCUT2D eigenvalue weighted by atomic mass is 16.5. The molecule has 0 unspecified atom stereocenters. The number of carbonyl (C=O) groups is 1. The molecule has 1 aliphatic carbocycles. The molecule has 0 amide bonds. The number of aromatic nitrogens is 1. The van der Waals surface area contributed by atoms with Gasteiger partial charge in [-0.2, -0.15) is 0 Å². The molecule has 6 nitrogen and oxygen atoms in total. The Labute approximate surface area is 146 Å². The van der Waals surface area contributed by atoms with E-state index in [1.54, 1.807) is 27.2 Å². The molecule has 1 aromatic carbocycles. The smallest absolute Gasteiger partial charge is 0.161 e. The number of ether oxygens (including phenoxy) is 2. The quantitative estimate of drug-likeness (QED) is 0.917. The third-order valence-electron chi connectivity index (χ3n) is 5.03. The molecule has 6 heteroatoms. The predicted octanol–water partition coefficient (Wildman–Crippen LogP) is 2.64. The number of benzene rings is 1. The Bertz CT molecular complexity index is 808. The average Bonchev–Trinajstić information content (AvgIpc) is 2.91. The first-order valence-corrected chi connectivity index (χ1v) is 8.20. The summed E-state index contributed by atoms with van der Waals surface area (Å²) in [6.07, 6.45) is 0.285. The molecule has 2 aromatic rings. The van der Waals surface area contributed by atoms with Gasteiger partial charge < -0.3 is 19.1 Å². The van der Waals surface area contributed by atoms with Crippen molar-refractivity contribution in [1.82, 2.24) is 5.16 Å². The molecule has 1 N–H and O–H groups in total. The molecule has 0 bridgehead atoms. The topological polar surface area (TPSA) is 81.8 Å². The van der Waals surface area contributed by atoms with Gasteiger partial charge in [-0.15, -0.1) is 0 Å². The molecule has 0 saturated carbocycles. The van der Waals surface area contributed by atoms with Gasteiger partial charge in [-0.05, 0) is 38.5 Å². The first kappa shape index (κ1) is 17.5. The lowest BCUT2D eigenvalue weighted by Gasteiger charge is -2.40. The van der Waals surface area contributed by atoms with Crippen molar-refractivity contribution in [2.75, 3.05) is 14.2 Å². The summed E-state index contributed by atoms with van der Waals surface area (Å²) in [4.78, 5) is 12.5. The van der Waals surface area contributed by atoms with Gasteiger partial charge in [0, 0.05) is 17.9 Å². The molecule has 1 aromatic heterocycles. The minimum absolute atomic E-state index is 0.0731. The van der Waals surface area contributed by atoms with Crippen LogP contribution in [0.2, 0.25) is 0 Å². The van der Waals surface area contributed by atoms with Crippen LogP contribution < -0.4 is 9.47 Å². The number of nitrogens with zero attached hydrogens (tertiary/aromatic N) is 1. The zero-order chi connectivity index (χ0) is 18.4. The third-order valence-corrected chi connectivity index (χ3v) is 5.03. The van der Waals surface area contributed by atoms with Crippen LogP contribution in [0.3, 0.4) is 0 Å². The van der Waals surface area contributed by atoms with Gasteiger partial charge in [0.15, 0.2) is 11.5 Å². The van der Waals surface area contributed by atoms with Crippen molar-refractivity contribution >= 4 is 5.78 Å². The minimum Gasteiger partial charge on any atom is -0.493 e. The van der Waals surface area contributed by atoms with Crippen LogP contribution in [0.5, 0.6) is 11.5 Å². The summed E-state index contributed by atoms with van der Waals surface area (Å²) in [5, 5.41) is 15.1. The van der Waals surface area contributed by atoms with E-state index >= 15 is 0 Å². The second-order valence-corrected chi connectivity index (χ2v) is 6.81. The van der Waals surface area contributed by atoms with Crippen LogP contribution in [0, 0.1) is 12.8 Å². The predicted molar refractivity (Wildman–Crippen MR) is 91.1 cm³/mol. The fraction of sp³-hybridized carbons (Fsp3) is 0.474. The fourth-order valence-corrected chi connectivity index (χ4v) is 4.00. The summed E-state index contributed by atoms with van der Waals surface area (Å²) in [5.74, 6) is 0.810. The molecular formula is C19H23NO5. The van der Waals surface area contributed by atoms with E-state index < -0.39 is 11.5 Å². The molecule has 25 heavy (non-hydrogen) atoms. The number of carbonyl (C=O) groups excluding carboxylic acids is 1. The molecule has 134 valence electrons. The molecular weight excluding hydrogens is 322 g/mol. The van der Waals surface area contributed by atoms with Gasteiger partial charge in [-0.25, -0.2) is 0 Å². The summed E-state index contributed by atoms with van der Waals surface area (Å²) >= 11 is 0. The number of methoxy groups -OCH3 is 2. The number of rotatable bonds is 4. The number of Topliss-reactive ketones (excluding diaryl/α,β-unsaturated/α-hetero) is 1. The van der Waals surface area contributed by atoms with E-state index in [9.17, 15) is 9.90 Å². The van der Waals surface area contributed by atoms with Crippen LogP contribution in [-0.4, -0.2) is 35.9 Å². The van der Waals surface area contributed by atoms with Crippen LogP contribution in [-0.2, 0) is 11.2 Å². The van der Waals surface area contributed by atoms with Gasteiger partial charge in [0.25, 0.3) is 0 Å². The van der Waals surface area contributed by atoms with Crippen molar-refractivity contribution < 1.29 is 23.9 Å². The molecule has 3 rings (SSSR count). The minimum atomic E-state index is -1.21.